The SMILES string of the molecule is C=CCCC(=O)N[C@H](C)[C@@H](OC(=O)[C@@H]1[C@H]2C(=O)N([C@H](C)CO)[C@H](C(=O)N(CC=C)C(C)CCC)[C@]23CC[C@H]1O3)c1ccccc1. The van der Waals surface area contributed by atoms with Crippen LogP contribution >= 0.6 is 0 Å². The maximum absolute atomic E-state index is 14.4. The maximum atomic E-state index is 14.4. The number of likely N-dealkylation sites (tertiary alicyclic amines) is 1. The van der Waals surface area contributed by atoms with Crippen LogP contribution in [0.4, 0.5) is 0 Å². The summed E-state index contributed by atoms with van der Waals surface area (Å²) in [5.74, 6) is -3.32. The van der Waals surface area contributed by atoms with Crippen molar-refractivity contribution >= 4 is 23.7 Å². The van der Waals surface area contributed by atoms with Crippen molar-refractivity contribution in [3.63, 3.8) is 0 Å². The van der Waals surface area contributed by atoms with Gasteiger partial charge < -0.3 is 29.7 Å². The van der Waals surface area contributed by atoms with Crippen LogP contribution in [-0.4, -0.2) is 87.6 Å². The van der Waals surface area contributed by atoms with E-state index in [1.807, 2.05) is 37.3 Å². The highest BCUT2D eigenvalue weighted by Crippen LogP contribution is 2.59. The van der Waals surface area contributed by atoms with E-state index in [0.29, 0.717) is 31.4 Å². The number of benzene rings is 1. The topological polar surface area (TPSA) is 125 Å². The molecule has 3 amide bonds. The predicted octanol–water partition coefficient (Wildman–Crippen LogP) is 3.70. The number of nitrogens with one attached hydrogen (secondary N) is 1. The summed E-state index contributed by atoms with van der Waals surface area (Å²) >= 11 is 0. The van der Waals surface area contributed by atoms with Crippen LogP contribution in [0.2, 0.25) is 0 Å². The number of fused-ring (bicyclic) bond motifs is 1. The lowest BCUT2D eigenvalue weighted by Gasteiger charge is -2.40. The van der Waals surface area contributed by atoms with Gasteiger partial charge in [0.15, 0.2) is 0 Å². The number of ether oxygens (including phenoxy) is 2. The Morgan fingerprint density at radius 2 is 1.91 bits per heavy atom. The summed E-state index contributed by atoms with van der Waals surface area (Å²) in [4.78, 5) is 58.6. The third kappa shape index (κ3) is 6.58. The van der Waals surface area contributed by atoms with Crippen molar-refractivity contribution < 1.29 is 33.8 Å². The summed E-state index contributed by atoms with van der Waals surface area (Å²) in [6.07, 6.45) is 5.28. The van der Waals surface area contributed by atoms with Gasteiger partial charge in [-0.15, -0.1) is 13.2 Å². The summed E-state index contributed by atoms with van der Waals surface area (Å²) in [6.45, 7) is 15.0. The van der Waals surface area contributed by atoms with Crippen molar-refractivity contribution in [1.82, 2.24) is 15.1 Å². The van der Waals surface area contributed by atoms with Gasteiger partial charge in [0.1, 0.15) is 17.7 Å². The molecule has 2 bridgehead atoms. The minimum absolute atomic E-state index is 0.105. The number of hydrogen-bond donors (Lipinski definition) is 2. The monoisotopic (exact) mass is 623 g/mol. The van der Waals surface area contributed by atoms with Crippen LogP contribution in [0.3, 0.4) is 0 Å². The largest absolute Gasteiger partial charge is 0.455 e. The lowest BCUT2D eigenvalue weighted by Crippen LogP contribution is -2.59. The number of amides is 3. The summed E-state index contributed by atoms with van der Waals surface area (Å²) in [5.41, 5.74) is -0.517. The van der Waals surface area contributed by atoms with E-state index in [0.717, 1.165) is 12.8 Å². The van der Waals surface area contributed by atoms with Gasteiger partial charge in [-0.05, 0) is 52.0 Å². The van der Waals surface area contributed by atoms with E-state index in [1.165, 1.54) is 4.90 Å². The smallest absolute Gasteiger partial charge is 0.313 e. The molecule has 1 aromatic rings. The van der Waals surface area contributed by atoms with Gasteiger partial charge in [0.25, 0.3) is 0 Å². The summed E-state index contributed by atoms with van der Waals surface area (Å²) < 4.78 is 12.8. The van der Waals surface area contributed by atoms with E-state index in [2.05, 4.69) is 25.4 Å². The Hall–Kier alpha value is -3.50. The first-order valence-electron chi connectivity index (χ1n) is 16.2. The summed E-state index contributed by atoms with van der Waals surface area (Å²) in [6, 6.07) is 6.85. The third-order valence-electron chi connectivity index (χ3n) is 9.62. The lowest BCUT2D eigenvalue weighted by molar-refractivity contribution is -0.162. The number of aliphatic hydroxyl groups excluding tert-OH is 1. The number of hydrogen-bond acceptors (Lipinski definition) is 7. The van der Waals surface area contributed by atoms with Gasteiger partial charge in [-0.1, -0.05) is 55.8 Å². The number of esters is 1. The molecular formula is C35H49N3O7. The second-order valence-electron chi connectivity index (χ2n) is 12.7. The Labute approximate surface area is 266 Å². The molecule has 3 aliphatic heterocycles. The molecule has 10 heteroatoms. The molecule has 1 aromatic carbocycles. The van der Waals surface area contributed by atoms with Crippen LogP contribution in [0, 0.1) is 11.8 Å². The molecule has 0 aromatic heterocycles. The first-order valence-corrected chi connectivity index (χ1v) is 16.2. The first-order chi connectivity index (χ1) is 21.6. The molecule has 3 saturated heterocycles. The number of aliphatic hydroxyl groups is 1. The zero-order valence-electron chi connectivity index (χ0n) is 27.0. The third-order valence-corrected chi connectivity index (χ3v) is 9.62. The highest BCUT2D eigenvalue weighted by molar-refractivity contribution is 5.98. The molecule has 4 rings (SSSR count). The molecule has 2 N–H and O–H groups in total. The molecular weight excluding hydrogens is 574 g/mol. The average Bonchev–Trinajstić information content (AvgIpc) is 3.68. The molecule has 3 aliphatic rings. The minimum Gasteiger partial charge on any atom is -0.455 e. The Balaban J connectivity index is 1.67. The van der Waals surface area contributed by atoms with Crippen LogP contribution in [0.15, 0.2) is 55.6 Å². The zero-order chi connectivity index (χ0) is 32.9. The predicted molar refractivity (Wildman–Crippen MR) is 170 cm³/mol. The second kappa shape index (κ2) is 14.7. The Morgan fingerprint density at radius 1 is 1.20 bits per heavy atom. The normalized spacial score (nSPS) is 27.7. The van der Waals surface area contributed by atoms with Gasteiger partial charge in [0, 0.05) is 19.0 Å². The molecule has 0 radical (unpaired) electrons. The van der Waals surface area contributed by atoms with E-state index >= 15 is 0 Å². The first kappa shape index (κ1) is 34.4. The molecule has 10 nitrogen and oxygen atoms in total. The Kier molecular flexibility index (Phi) is 11.3. The fourth-order valence-electron chi connectivity index (χ4n) is 7.50. The quantitative estimate of drug-likeness (QED) is 0.213. The van der Waals surface area contributed by atoms with Crippen LogP contribution in [0.1, 0.15) is 77.9 Å². The van der Waals surface area contributed by atoms with Gasteiger partial charge in [-0.25, -0.2) is 0 Å². The molecule has 45 heavy (non-hydrogen) atoms. The molecule has 1 unspecified atom stereocenters. The van der Waals surface area contributed by atoms with Gasteiger partial charge in [-0.2, -0.15) is 0 Å². The van der Waals surface area contributed by atoms with E-state index < -0.39 is 53.7 Å². The van der Waals surface area contributed by atoms with Crippen molar-refractivity contribution in [2.75, 3.05) is 13.2 Å². The molecule has 9 atom stereocenters. The number of carbonyl (C=O) groups is 4. The Morgan fingerprint density at radius 3 is 2.53 bits per heavy atom. The fraction of sp³-hybridized carbons (Fsp3) is 0.600. The number of allylic oxidation sites excluding steroid dienone is 1. The number of nitrogens with zero attached hydrogens (tertiary/aromatic N) is 2. The second-order valence-corrected chi connectivity index (χ2v) is 12.7. The molecule has 3 heterocycles. The van der Waals surface area contributed by atoms with E-state index in [1.54, 1.807) is 30.9 Å². The molecule has 0 aliphatic carbocycles. The fourth-order valence-corrected chi connectivity index (χ4v) is 7.50. The molecule has 246 valence electrons. The van der Waals surface area contributed by atoms with Gasteiger partial charge in [-0.3, -0.25) is 19.2 Å². The Bertz CT molecular complexity index is 1250. The van der Waals surface area contributed by atoms with Crippen LogP contribution in [0.5, 0.6) is 0 Å². The van der Waals surface area contributed by atoms with Crippen molar-refractivity contribution in [1.29, 1.82) is 0 Å². The van der Waals surface area contributed by atoms with Crippen LogP contribution in [0.25, 0.3) is 0 Å². The van der Waals surface area contributed by atoms with E-state index in [-0.39, 0.29) is 36.8 Å². The number of rotatable bonds is 16. The van der Waals surface area contributed by atoms with Crippen LogP contribution < -0.4 is 5.32 Å². The molecule has 3 fully saturated rings. The standard InChI is InChI=1S/C35H49N3O7/c1-7-10-17-27(40)36-24(6)30(25-15-12-11-13-16-25)44-34(43)28-26-18-19-35(45-26)29(28)32(41)38(23(5)21-39)31(35)33(42)37(20-9-3)22(4)14-8-2/h7,9,11-13,15-16,22-24,26,28-31,39H,1,3,8,10,14,17-21H2,2,4-6H3,(H,36,40)/t22?,23-,24-,26-,28+,29+,30-,31-,35+/m1/s1. The highest BCUT2D eigenvalue weighted by Gasteiger charge is 2.75. The zero-order valence-corrected chi connectivity index (χ0v) is 27.0. The van der Waals surface area contributed by atoms with Crippen molar-refractivity contribution in [2.45, 2.75) is 108 Å². The van der Waals surface area contributed by atoms with Crippen molar-refractivity contribution in [3.05, 3.63) is 61.2 Å². The van der Waals surface area contributed by atoms with Crippen molar-refractivity contribution in [3.8, 4) is 0 Å². The maximum Gasteiger partial charge on any atom is 0.313 e. The van der Waals surface area contributed by atoms with Crippen molar-refractivity contribution in [2.24, 2.45) is 11.8 Å². The average molecular weight is 624 g/mol. The van der Waals surface area contributed by atoms with Gasteiger partial charge in [0.2, 0.25) is 17.7 Å². The molecule has 1 spiro atoms. The van der Waals surface area contributed by atoms with Gasteiger partial charge in [0.05, 0.1) is 36.6 Å². The summed E-state index contributed by atoms with van der Waals surface area (Å²) in [7, 11) is 0. The van der Waals surface area contributed by atoms with E-state index in [4.69, 9.17) is 9.47 Å². The highest BCUT2D eigenvalue weighted by atomic mass is 16.6. The molecule has 0 saturated carbocycles. The van der Waals surface area contributed by atoms with Gasteiger partial charge >= 0.3 is 5.97 Å². The minimum atomic E-state index is -1.22. The van der Waals surface area contributed by atoms with Crippen LogP contribution in [-0.2, 0) is 28.7 Å². The number of carbonyl (C=O) groups excluding carboxylic acids is 4. The lowest BCUT2D eigenvalue weighted by atomic mass is 9.70. The summed E-state index contributed by atoms with van der Waals surface area (Å²) in [5, 5.41) is 13.1. The van der Waals surface area contributed by atoms with E-state index in [9.17, 15) is 24.3 Å².